The lowest BCUT2D eigenvalue weighted by molar-refractivity contribution is -0.120. The van der Waals surface area contributed by atoms with Crippen LogP contribution in [0.1, 0.15) is 5.56 Å². The van der Waals surface area contributed by atoms with E-state index in [1.54, 1.807) is 49.6 Å². The number of rotatable bonds is 6. The largest absolute Gasteiger partial charge is 0.497 e. The maximum absolute atomic E-state index is 13.5. The zero-order valence-corrected chi connectivity index (χ0v) is 17.9. The summed E-state index contributed by atoms with van der Waals surface area (Å²) in [6.07, 6.45) is 0. The van der Waals surface area contributed by atoms with Crippen molar-refractivity contribution in [3.63, 3.8) is 0 Å². The van der Waals surface area contributed by atoms with Gasteiger partial charge in [0.15, 0.2) is 0 Å². The molecule has 0 saturated heterocycles. The fourth-order valence-electron chi connectivity index (χ4n) is 3.52. The second-order valence-corrected chi connectivity index (χ2v) is 7.47. The van der Waals surface area contributed by atoms with Crippen LogP contribution in [0, 0.1) is 5.82 Å². The predicted molar refractivity (Wildman–Crippen MR) is 123 cm³/mol. The summed E-state index contributed by atoms with van der Waals surface area (Å²) in [4.78, 5) is 30.0. The Balaban J connectivity index is 1.81. The van der Waals surface area contributed by atoms with Gasteiger partial charge in [-0.05, 0) is 48.0 Å². The van der Waals surface area contributed by atoms with Gasteiger partial charge in [-0.15, -0.1) is 0 Å². The number of anilines is 3. The molecule has 32 heavy (non-hydrogen) atoms. The number of carbonyl (C=O) groups excluding carboxylic acids is 2. The topological polar surface area (TPSA) is 61.9 Å². The van der Waals surface area contributed by atoms with E-state index in [-0.39, 0.29) is 11.3 Å². The number of nitrogens with one attached hydrogen (secondary N) is 1. The maximum Gasteiger partial charge on any atom is 0.282 e. The summed E-state index contributed by atoms with van der Waals surface area (Å²) in [6.45, 7) is 0. The van der Waals surface area contributed by atoms with Crippen LogP contribution in [0.2, 0.25) is 0 Å². The fourth-order valence-corrected chi connectivity index (χ4v) is 3.52. The molecule has 0 spiro atoms. The summed E-state index contributed by atoms with van der Waals surface area (Å²) in [5, 5.41) is 3.08. The van der Waals surface area contributed by atoms with E-state index in [1.807, 2.05) is 25.1 Å². The highest BCUT2D eigenvalue weighted by molar-refractivity contribution is 6.46. The predicted octanol–water partition coefficient (Wildman–Crippen LogP) is 4.30. The van der Waals surface area contributed by atoms with Crippen molar-refractivity contribution in [2.45, 2.75) is 0 Å². The van der Waals surface area contributed by atoms with Gasteiger partial charge in [0, 0.05) is 31.5 Å². The van der Waals surface area contributed by atoms with Gasteiger partial charge < -0.3 is 15.0 Å². The van der Waals surface area contributed by atoms with Gasteiger partial charge in [0.2, 0.25) is 0 Å². The summed E-state index contributed by atoms with van der Waals surface area (Å²) in [5.41, 5.74) is 2.62. The normalized spacial score (nSPS) is 13.6. The standard InChI is InChI=1S/C25H22FN3O3/c1-28(2)19-7-5-8-20(15-19)29-24(30)22(16-10-12-17(26)13-11-16)23(25(29)31)27-18-6-4-9-21(14-18)32-3/h4-15,27H,1-3H3. The maximum atomic E-state index is 13.5. The lowest BCUT2D eigenvalue weighted by Crippen LogP contribution is -2.32. The van der Waals surface area contributed by atoms with Crippen LogP contribution in [-0.4, -0.2) is 33.0 Å². The number of halogens is 1. The van der Waals surface area contributed by atoms with Crippen LogP contribution >= 0.6 is 0 Å². The molecule has 0 aromatic heterocycles. The molecule has 4 rings (SSSR count). The van der Waals surface area contributed by atoms with Crippen molar-refractivity contribution in [3.05, 3.63) is 89.9 Å². The molecular weight excluding hydrogens is 409 g/mol. The van der Waals surface area contributed by atoms with Gasteiger partial charge in [0.05, 0.1) is 18.4 Å². The van der Waals surface area contributed by atoms with Crippen LogP contribution in [0.4, 0.5) is 21.5 Å². The van der Waals surface area contributed by atoms with Crippen molar-refractivity contribution < 1.29 is 18.7 Å². The van der Waals surface area contributed by atoms with Crippen LogP contribution < -0.4 is 19.9 Å². The molecule has 3 aromatic carbocycles. The molecule has 6 nitrogen and oxygen atoms in total. The third-order valence-corrected chi connectivity index (χ3v) is 5.16. The molecule has 0 radical (unpaired) electrons. The lowest BCUT2D eigenvalue weighted by atomic mass is 10.0. The second kappa shape index (κ2) is 8.55. The Morgan fingerprint density at radius 3 is 2.31 bits per heavy atom. The third-order valence-electron chi connectivity index (χ3n) is 5.16. The van der Waals surface area contributed by atoms with Crippen molar-refractivity contribution >= 4 is 34.4 Å². The Labute approximate surface area is 185 Å². The average Bonchev–Trinajstić information content (AvgIpc) is 3.04. The number of hydrogen-bond acceptors (Lipinski definition) is 5. The minimum Gasteiger partial charge on any atom is -0.497 e. The highest BCUT2D eigenvalue weighted by atomic mass is 19.1. The first kappa shape index (κ1) is 21.1. The van der Waals surface area contributed by atoms with E-state index in [0.29, 0.717) is 22.7 Å². The van der Waals surface area contributed by atoms with Crippen molar-refractivity contribution in [1.29, 1.82) is 0 Å². The summed E-state index contributed by atoms with van der Waals surface area (Å²) < 4.78 is 18.8. The summed E-state index contributed by atoms with van der Waals surface area (Å²) in [5.74, 6) is -0.800. The molecule has 7 heteroatoms. The Morgan fingerprint density at radius 1 is 0.906 bits per heavy atom. The molecule has 0 fully saturated rings. The van der Waals surface area contributed by atoms with Gasteiger partial charge in [0.1, 0.15) is 17.3 Å². The van der Waals surface area contributed by atoms with Crippen LogP contribution in [-0.2, 0) is 9.59 Å². The quantitative estimate of drug-likeness (QED) is 0.590. The lowest BCUT2D eigenvalue weighted by Gasteiger charge is -2.19. The Bertz CT molecular complexity index is 1220. The second-order valence-electron chi connectivity index (χ2n) is 7.47. The molecule has 1 aliphatic heterocycles. The summed E-state index contributed by atoms with van der Waals surface area (Å²) >= 11 is 0. The molecule has 3 aromatic rings. The van der Waals surface area contributed by atoms with E-state index in [2.05, 4.69) is 5.32 Å². The Morgan fingerprint density at radius 2 is 1.62 bits per heavy atom. The molecule has 2 amide bonds. The first-order valence-corrected chi connectivity index (χ1v) is 9.96. The number of carbonyl (C=O) groups is 2. The van der Waals surface area contributed by atoms with Gasteiger partial charge in [-0.3, -0.25) is 9.59 Å². The monoisotopic (exact) mass is 431 g/mol. The van der Waals surface area contributed by atoms with Crippen LogP contribution in [0.5, 0.6) is 5.75 Å². The van der Waals surface area contributed by atoms with Crippen molar-refractivity contribution in [3.8, 4) is 5.75 Å². The van der Waals surface area contributed by atoms with Gasteiger partial charge in [-0.1, -0.05) is 24.3 Å². The smallest absolute Gasteiger partial charge is 0.282 e. The van der Waals surface area contributed by atoms with E-state index >= 15 is 0 Å². The molecular formula is C25H22FN3O3. The number of imide groups is 1. The molecule has 0 aliphatic carbocycles. The molecule has 0 unspecified atom stereocenters. The molecule has 0 bridgehead atoms. The average molecular weight is 431 g/mol. The van der Waals surface area contributed by atoms with E-state index in [4.69, 9.17) is 4.74 Å². The number of methoxy groups -OCH3 is 1. The number of ether oxygens (including phenoxy) is 1. The molecule has 162 valence electrons. The van der Waals surface area contributed by atoms with E-state index in [1.165, 1.54) is 24.3 Å². The zero-order chi connectivity index (χ0) is 22.8. The van der Waals surface area contributed by atoms with Crippen molar-refractivity contribution in [2.24, 2.45) is 0 Å². The number of benzene rings is 3. The highest BCUT2D eigenvalue weighted by Gasteiger charge is 2.40. The van der Waals surface area contributed by atoms with Crippen LogP contribution in [0.3, 0.4) is 0 Å². The molecule has 1 heterocycles. The van der Waals surface area contributed by atoms with E-state index < -0.39 is 17.6 Å². The van der Waals surface area contributed by atoms with Crippen LogP contribution in [0.25, 0.3) is 5.57 Å². The van der Waals surface area contributed by atoms with Crippen molar-refractivity contribution in [2.75, 3.05) is 36.3 Å². The SMILES string of the molecule is COc1cccc(NC2=C(c3ccc(F)cc3)C(=O)N(c3cccc(N(C)C)c3)C2=O)c1. The molecule has 1 N–H and O–H groups in total. The highest BCUT2D eigenvalue weighted by Crippen LogP contribution is 2.35. The number of amides is 2. The first-order valence-electron chi connectivity index (χ1n) is 9.96. The van der Waals surface area contributed by atoms with Gasteiger partial charge >= 0.3 is 0 Å². The first-order chi connectivity index (χ1) is 15.4. The van der Waals surface area contributed by atoms with Crippen molar-refractivity contribution in [1.82, 2.24) is 0 Å². The van der Waals surface area contributed by atoms with E-state index in [9.17, 15) is 14.0 Å². The number of hydrogen-bond donors (Lipinski definition) is 1. The summed E-state index contributed by atoms with van der Waals surface area (Å²) in [6, 6.07) is 19.7. The molecule has 0 atom stereocenters. The Hall–Kier alpha value is -4.13. The molecule has 1 aliphatic rings. The molecule has 0 saturated carbocycles. The summed E-state index contributed by atoms with van der Waals surface area (Å²) in [7, 11) is 5.31. The van der Waals surface area contributed by atoms with Gasteiger partial charge in [-0.25, -0.2) is 9.29 Å². The minimum atomic E-state index is -0.493. The van der Waals surface area contributed by atoms with E-state index in [0.717, 1.165) is 10.6 Å². The van der Waals surface area contributed by atoms with Gasteiger partial charge in [-0.2, -0.15) is 0 Å². The zero-order valence-electron chi connectivity index (χ0n) is 17.9. The fraction of sp³-hybridized carbons (Fsp3) is 0.120. The number of nitrogens with zero attached hydrogens (tertiary/aromatic N) is 2. The van der Waals surface area contributed by atoms with Crippen LogP contribution in [0.15, 0.2) is 78.5 Å². The third kappa shape index (κ3) is 3.92. The Kier molecular flexibility index (Phi) is 5.64. The minimum absolute atomic E-state index is 0.116. The van der Waals surface area contributed by atoms with Gasteiger partial charge in [0.25, 0.3) is 11.8 Å².